The molecule has 0 amide bonds. The van der Waals surface area contributed by atoms with Crippen LogP contribution in [0.1, 0.15) is 0 Å². The molecule has 11 rings (SSSR count). The van der Waals surface area contributed by atoms with Crippen molar-refractivity contribution in [2.45, 2.75) is 0 Å². The van der Waals surface area contributed by atoms with Crippen molar-refractivity contribution in [2.24, 2.45) is 0 Å². The van der Waals surface area contributed by atoms with Crippen LogP contribution in [-0.4, -0.2) is 19.5 Å². The Kier molecular flexibility index (Phi) is 6.39. The summed E-state index contributed by atoms with van der Waals surface area (Å²) in [7, 11) is 0. The normalized spacial score (nSPS) is 11.8. The molecule has 0 bridgehead atoms. The maximum absolute atomic E-state index is 5.24. The van der Waals surface area contributed by atoms with E-state index in [0.717, 1.165) is 38.7 Å². The van der Waals surface area contributed by atoms with Crippen LogP contribution in [0, 0.1) is 0 Å². The molecule has 0 atom stereocenters. The lowest BCUT2D eigenvalue weighted by molar-refractivity contribution is 0.954. The van der Waals surface area contributed by atoms with Crippen molar-refractivity contribution in [1.82, 2.24) is 19.5 Å². The van der Waals surface area contributed by atoms with Gasteiger partial charge in [0, 0.05) is 47.6 Å². The predicted molar refractivity (Wildman–Crippen MR) is 218 cm³/mol. The highest BCUT2D eigenvalue weighted by molar-refractivity contribution is 7.26. The van der Waals surface area contributed by atoms with Gasteiger partial charge in [0.1, 0.15) is 0 Å². The topological polar surface area (TPSA) is 43.6 Å². The molecular formula is C47H28N4S. The highest BCUT2D eigenvalue weighted by Crippen LogP contribution is 2.44. The molecule has 8 aromatic carbocycles. The molecule has 0 fully saturated rings. The minimum Gasteiger partial charge on any atom is -0.277 e. The van der Waals surface area contributed by atoms with Gasteiger partial charge >= 0.3 is 0 Å². The minimum atomic E-state index is 0.588. The molecule has 0 N–H and O–H groups in total. The quantitative estimate of drug-likeness (QED) is 0.186. The molecule has 0 saturated heterocycles. The van der Waals surface area contributed by atoms with Gasteiger partial charge in [-0.1, -0.05) is 152 Å². The second kappa shape index (κ2) is 11.4. The van der Waals surface area contributed by atoms with Crippen molar-refractivity contribution in [2.75, 3.05) is 0 Å². The molecule has 3 aromatic heterocycles. The summed E-state index contributed by atoms with van der Waals surface area (Å²) in [6, 6.07) is 60.2. The fraction of sp³-hybridized carbons (Fsp3) is 0. The number of fused-ring (bicyclic) bond motifs is 10. The average molecular weight is 681 g/mol. The van der Waals surface area contributed by atoms with Crippen molar-refractivity contribution in [3.63, 3.8) is 0 Å². The van der Waals surface area contributed by atoms with Gasteiger partial charge in [-0.15, -0.1) is 11.3 Å². The largest absolute Gasteiger partial charge is 0.277 e. The van der Waals surface area contributed by atoms with Crippen molar-refractivity contribution < 1.29 is 0 Å². The standard InChI is InChI=1S/C47H28N4S/c1-3-14-31(15-4-1)45-48-46(32-16-5-2-6-17-32)50-47(49-45)51-39-26-23-29-12-7-9-18-34(29)42(39)38-21-11-20-36(44(38)51)33-22-25-37-41(28-33)52-40-27-24-30-13-8-10-19-35(30)43(37)40/h1-28H. The molecule has 242 valence electrons. The molecule has 0 unspecified atom stereocenters. The van der Waals surface area contributed by atoms with Gasteiger partial charge in [-0.25, -0.2) is 4.98 Å². The van der Waals surface area contributed by atoms with Crippen LogP contribution in [0.4, 0.5) is 0 Å². The maximum atomic E-state index is 5.24. The van der Waals surface area contributed by atoms with E-state index in [2.05, 4.69) is 138 Å². The van der Waals surface area contributed by atoms with E-state index in [4.69, 9.17) is 15.0 Å². The molecule has 0 saturated carbocycles. The number of hydrogen-bond donors (Lipinski definition) is 0. The number of benzene rings is 8. The first kappa shape index (κ1) is 29.1. The first-order valence-corrected chi connectivity index (χ1v) is 18.3. The highest BCUT2D eigenvalue weighted by Gasteiger charge is 2.22. The van der Waals surface area contributed by atoms with Crippen LogP contribution in [0.3, 0.4) is 0 Å². The Morgan fingerprint density at radius 3 is 1.73 bits per heavy atom. The first-order chi connectivity index (χ1) is 25.8. The Morgan fingerprint density at radius 1 is 0.404 bits per heavy atom. The van der Waals surface area contributed by atoms with Gasteiger partial charge in [-0.2, -0.15) is 9.97 Å². The molecular weight excluding hydrogens is 653 g/mol. The van der Waals surface area contributed by atoms with Crippen LogP contribution >= 0.6 is 11.3 Å². The fourth-order valence-electron chi connectivity index (χ4n) is 7.89. The summed E-state index contributed by atoms with van der Waals surface area (Å²) >= 11 is 1.86. The zero-order valence-electron chi connectivity index (χ0n) is 27.9. The second-order valence-electron chi connectivity index (χ2n) is 13.2. The monoisotopic (exact) mass is 680 g/mol. The third kappa shape index (κ3) is 4.43. The first-order valence-electron chi connectivity index (χ1n) is 17.5. The molecule has 0 spiro atoms. The summed E-state index contributed by atoms with van der Waals surface area (Å²) < 4.78 is 4.83. The van der Waals surface area contributed by atoms with E-state index in [-0.39, 0.29) is 0 Å². The van der Waals surface area contributed by atoms with E-state index in [1.54, 1.807) is 0 Å². The predicted octanol–water partition coefficient (Wildman–Crippen LogP) is 12.6. The SMILES string of the molecule is c1ccc(-c2nc(-c3ccccc3)nc(-n3c4ccc5ccccc5c4c4cccc(-c5ccc6c(c5)sc5ccc7ccccc7c56)c43)n2)cc1. The summed E-state index contributed by atoms with van der Waals surface area (Å²) in [5, 5.41) is 9.93. The molecule has 5 heteroatoms. The lowest BCUT2D eigenvalue weighted by Gasteiger charge is -2.13. The van der Waals surface area contributed by atoms with Gasteiger partial charge < -0.3 is 0 Å². The lowest BCUT2D eigenvalue weighted by atomic mass is 9.98. The molecule has 52 heavy (non-hydrogen) atoms. The van der Waals surface area contributed by atoms with E-state index in [9.17, 15) is 0 Å². The maximum Gasteiger partial charge on any atom is 0.238 e. The molecule has 0 radical (unpaired) electrons. The smallest absolute Gasteiger partial charge is 0.238 e. The minimum absolute atomic E-state index is 0.588. The Balaban J connectivity index is 1.24. The number of nitrogens with zero attached hydrogens (tertiary/aromatic N) is 4. The molecule has 0 aliphatic rings. The molecule has 3 heterocycles. The van der Waals surface area contributed by atoms with E-state index in [1.807, 2.05) is 47.7 Å². The summed E-state index contributed by atoms with van der Waals surface area (Å²) in [4.78, 5) is 15.5. The van der Waals surface area contributed by atoms with Crippen LogP contribution < -0.4 is 0 Å². The Labute approximate surface area is 302 Å². The van der Waals surface area contributed by atoms with Crippen molar-refractivity contribution in [3.8, 4) is 39.9 Å². The third-order valence-electron chi connectivity index (χ3n) is 10.2. The molecule has 0 aliphatic carbocycles. The van der Waals surface area contributed by atoms with Crippen LogP contribution in [0.15, 0.2) is 170 Å². The van der Waals surface area contributed by atoms with Crippen LogP contribution in [-0.2, 0) is 0 Å². The summed E-state index contributed by atoms with van der Waals surface area (Å²) in [5.41, 5.74) is 6.30. The van der Waals surface area contributed by atoms with Crippen molar-refractivity contribution >= 4 is 74.9 Å². The second-order valence-corrected chi connectivity index (χ2v) is 14.3. The van der Waals surface area contributed by atoms with Gasteiger partial charge in [0.25, 0.3) is 0 Å². The van der Waals surface area contributed by atoms with E-state index in [0.29, 0.717) is 17.6 Å². The number of hydrogen-bond acceptors (Lipinski definition) is 4. The van der Waals surface area contributed by atoms with E-state index in [1.165, 1.54) is 47.1 Å². The number of aromatic nitrogens is 4. The van der Waals surface area contributed by atoms with Gasteiger partial charge in [0.05, 0.1) is 11.0 Å². The summed E-state index contributed by atoms with van der Waals surface area (Å²) in [5.74, 6) is 1.86. The van der Waals surface area contributed by atoms with E-state index >= 15 is 0 Å². The number of rotatable bonds is 4. The van der Waals surface area contributed by atoms with Gasteiger partial charge in [-0.05, 0) is 45.3 Å². The van der Waals surface area contributed by atoms with Crippen molar-refractivity contribution in [3.05, 3.63) is 170 Å². The summed E-state index contributed by atoms with van der Waals surface area (Å²) in [6.07, 6.45) is 0. The van der Waals surface area contributed by atoms with Gasteiger partial charge in [0.15, 0.2) is 11.6 Å². The van der Waals surface area contributed by atoms with Gasteiger partial charge in [0.2, 0.25) is 5.95 Å². The van der Waals surface area contributed by atoms with Gasteiger partial charge in [-0.3, -0.25) is 4.57 Å². The number of thiophene rings is 1. The zero-order valence-corrected chi connectivity index (χ0v) is 28.7. The summed E-state index contributed by atoms with van der Waals surface area (Å²) in [6.45, 7) is 0. The Bertz CT molecular complexity index is 3120. The van der Waals surface area contributed by atoms with Crippen LogP contribution in [0.25, 0.3) is 103 Å². The Morgan fingerprint density at radius 2 is 1.02 bits per heavy atom. The average Bonchev–Trinajstić information content (AvgIpc) is 3.77. The molecule has 11 aromatic rings. The van der Waals surface area contributed by atoms with Crippen LogP contribution in [0.5, 0.6) is 0 Å². The van der Waals surface area contributed by atoms with Crippen LogP contribution in [0.2, 0.25) is 0 Å². The van der Waals surface area contributed by atoms with E-state index < -0.39 is 0 Å². The lowest BCUT2D eigenvalue weighted by Crippen LogP contribution is -2.07. The zero-order chi connectivity index (χ0) is 34.2. The highest BCUT2D eigenvalue weighted by atomic mass is 32.1. The Hall–Kier alpha value is -6.69. The molecule has 0 aliphatic heterocycles. The number of para-hydroxylation sites is 1. The third-order valence-corrected chi connectivity index (χ3v) is 11.4. The molecule has 4 nitrogen and oxygen atoms in total. The fourth-order valence-corrected chi connectivity index (χ4v) is 9.05. The van der Waals surface area contributed by atoms with Crippen molar-refractivity contribution in [1.29, 1.82) is 0 Å².